The summed E-state index contributed by atoms with van der Waals surface area (Å²) in [5.74, 6) is 1.20. The standard InChI is InChI=1S/C22H16BrCl2NO2S/c23-15-4-9-20(28-12-14-2-1-3-17(25)10-14)19(11-15)22-26(21(27)13-29-22)18-7-5-16(24)6-8-18/h1-11,22H,12-13H2/t22-/m1/s1. The molecule has 3 aromatic carbocycles. The molecule has 1 heterocycles. The molecule has 1 aliphatic rings. The second-order valence-electron chi connectivity index (χ2n) is 6.50. The lowest BCUT2D eigenvalue weighted by Crippen LogP contribution is -2.28. The molecule has 3 aromatic rings. The zero-order chi connectivity index (χ0) is 20.4. The topological polar surface area (TPSA) is 29.5 Å². The van der Waals surface area contributed by atoms with Gasteiger partial charge in [-0.3, -0.25) is 9.69 Å². The number of halogens is 3. The lowest BCUT2D eigenvalue weighted by Gasteiger charge is -2.26. The van der Waals surface area contributed by atoms with Gasteiger partial charge in [-0.05, 0) is 60.2 Å². The fourth-order valence-electron chi connectivity index (χ4n) is 3.17. The molecule has 0 aliphatic carbocycles. The quantitative estimate of drug-likeness (QED) is 0.367. The van der Waals surface area contributed by atoms with Crippen LogP contribution in [-0.4, -0.2) is 11.7 Å². The third kappa shape index (κ3) is 4.75. The van der Waals surface area contributed by atoms with E-state index in [0.29, 0.717) is 22.4 Å². The van der Waals surface area contributed by atoms with Crippen LogP contribution in [0.5, 0.6) is 5.75 Å². The van der Waals surface area contributed by atoms with E-state index in [9.17, 15) is 4.79 Å². The Morgan fingerprint density at radius 3 is 2.59 bits per heavy atom. The molecule has 0 saturated carbocycles. The molecular weight excluding hydrogens is 493 g/mol. The van der Waals surface area contributed by atoms with Crippen molar-refractivity contribution in [3.63, 3.8) is 0 Å². The molecule has 29 heavy (non-hydrogen) atoms. The molecular formula is C22H16BrCl2NO2S. The van der Waals surface area contributed by atoms with Gasteiger partial charge in [0.25, 0.3) is 0 Å². The number of ether oxygens (including phenoxy) is 1. The van der Waals surface area contributed by atoms with Crippen molar-refractivity contribution in [2.24, 2.45) is 0 Å². The molecule has 4 rings (SSSR count). The Labute approximate surface area is 192 Å². The highest BCUT2D eigenvalue weighted by Gasteiger charge is 2.35. The van der Waals surface area contributed by atoms with E-state index in [1.165, 1.54) is 0 Å². The molecule has 1 saturated heterocycles. The van der Waals surface area contributed by atoms with Crippen molar-refractivity contribution in [1.82, 2.24) is 0 Å². The first-order valence-corrected chi connectivity index (χ1v) is 11.5. The molecule has 148 valence electrons. The van der Waals surface area contributed by atoms with Crippen LogP contribution in [0.4, 0.5) is 5.69 Å². The second kappa shape index (κ2) is 9.00. The van der Waals surface area contributed by atoms with Crippen LogP contribution in [0.25, 0.3) is 0 Å². The summed E-state index contributed by atoms with van der Waals surface area (Å²) in [5.41, 5.74) is 2.73. The zero-order valence-electron chi connectivity index (χ0n) is 15.1. The average molecular weight is 509 g/mol. The van der Waals surface area contributed by atoms with E-state index in [1.54, 1.807) is 28.8 Å². The van der Waals surface area contributed by atoms with E-state index in [1.807, 2.05) is 54.6 Å². The number of rotatable bonds is 5. The van der Waals surface area contributed by atoms with Crippen LogP contribution in [0.2, 0.25) is 10.0 Å². The summed E-state index contributed by atoms with van der Waals surface area (Å²) in [4.78, 5) is 14.5. The Bertz CT molecular complexity index is 1050. The van der Waals surface area contributed by atoms with Gasteiger partial charge in [0.1, 0.15) is 17.7 Å². The van der Waals surface area contributed by atoms with E-state index in [2.05, 4.69) is 15.9 Å². The van der Waals surface area contributed by atoms with Crippen LogP contribution in [0, 0.1) is 0 Å². The van der Waals surface area contributed by atoms with Gasteiger partial charge in [-0.25, -0.2) is 0 Å². The number of hydrogen-bond donors (Lipinski definition) is 0. The summed E-state index contributed by atoms with van der Waals surface area (Å²) < 4.78 is 7.06. The van der Waals surface area contributed by atoms with Gasteiger partial charge in [-0.2, -0.15) is 0 Å². The molecule has 1 aliphatic heterocycles. The highest BCUT2D eigenvalue weighted by Crippen LogP contribution is 2.45. The van der Waals surface area contributed by atoms with Gasteiger partial charge in [0.05, 0.1) is 5.75 Å². The highest BCUT2D eigenvalue weighted by atomic mass is 79.9. The largest absolute Gasteiger partial charge is 0.489 e. The van der Waals surface area contributed by atoms with Crippen molar-refractivity contribution in [2.75, 3.05) is 10.7 Å². The first-order chi connectivity index (χ1) is 14.0. The van der Waals surface area contributed by atoms with Crippen LogP contribution < -0.4 is 9.64 Å². The van der Waals surface area contributed by atoms with Gasteiger partial charge in [0.15, 0.2) is 0 Å². The molecule has 1 fully saturated rings. The number of nitrogens with zero attached hydrogens (tertiary/aromatic N) is 1. The summed E-state index contributed by atoms with van der Waals surface area (Å²) in [5, 5.41) is 1.13. The van der Waals surface area contributed by atoms with Gasteiger partial charge < -0.3 is 4.74 Å². The lowest BCUT2D eigenvalue weighted by molar-refractivity contribution is -0.115. The van der Waals surface area contributed by atoms with Crippen molar-refractivity contribution in [3.8, 4) is 5.75 Å². The third-order valence-corrected chi connectivity index (χ3v) is 6.67. The minimum absolute atomic E-state index is 0.0584. The molecule has 7 heteroatoms. The van der Waals surface area contributed by atoms with Gasteiger partial charge in [0, 0.05) is 25.8 Å². The first-order valence-electron chi connectivity index (χ1n) is 8.87. The number of anilines is 1. The Kier molecular flexibility index (Phi) is 6.40. The third-order valence-electron chi connectivity index (χ3n) is 4.49. The summed E-state index contributed by atoms with van der Waals surface area (Å²) in [7, 11) is 0. The van der Waals surface area contributed by atoms with Crippen molar-refractivity contribution in [1.29, 1.82) is 0 Å². The number of amides is 1. The number of thioether (sulfide) groups is 1. The summed E-state index contributed by atoms with van der Waals surface area (Å²) in [6.45, 7) is 0.390. The predicted octanol–water partition coefficient (Wildman–Crippen LogP) is 7.11. The van der Waals surface area contributed by atoms with Crippen molar-refractivity contribution >= 4 is 62.5 Å². The SMILES string of the molecule is O=C1CS[C@H](c2cc(Br)ccc2OCc2cccc(Cl)c2)N1c1ccc(Cl)cc1. The van der Waals surface area contributed by atoms with Crippen LogP contribution in [0.3, 0.4) is 0 Å². The molecule has 0 radical (unpaired) electrons. The maximum absolute atomic E-state index is 12.7. The fraction of sp³-hybridized carbons (Fsp3) is 0.136. The molecule has 0 N–H and O–H groups in total. The maximum atomic E-state index is 12.7. The average Bonchev–Trinajstić information content (AvgIpc) is 3.09. The van der Waals surface area contributed by atoms with Crippen molar-refractivity contribution in [2.45, 2.75) is 12.0 Å². The van der Waals surface area contributed by atoms with Gasteiger partial charge >= 0.3 is 0 Å². The zero-order valence-corrected chi connectivity index (χ0v) is 19.1. The van der Waals surface area contributed by atoms with Gasteiger partial charge in [-0.15, -0.1) is 11.8 Å². The normalized spacial score (nSPS) is 16.3. The first kappa shape index (κ1) is 20.6. The Morgan fingerprint density at radius 1 is 1.03 bits per heavy atom. The molecule has 1 amide bonds. The van der Waals surface area contributed by atoms with Crippen molar-refractivity contribution in [3.05, 3.63) is 92.4 Å². The minimum Gasteiger partial charge on any atom is -0.489 e. The van der Waals surface area contributed by atoms with E-state index in [0.717, 1.165) is 27.0 Å². The number of carbonyl (C=O) groups is 1. The Hall–Kier alpha value is -1.66. The fourth-order valence-corrected chi connectivity index (χ4v) is 5.08. The van der Waals surface area contributed by atoms with E-state index < -0.39 is 0 Å². The molecule has 0 spiro atoms. The smallest absolute Gasteiger partial charge is 0.238 e. The predicted molar refractivity (Wildman–Crippen MR) is 124 cm³/mol. The van der Waals surface area contributed by atoms with Crippen LogP contribution in [0.15, 0.2) is 71.2 Å². The van der Waals surface area contributed by atoms with Gasteiger partial charge in [0.2, 0.25) is 5.91 Å². The van der Waals surface area contributed by atoms with E-state index in [-0.39, 0.29) is 11.3 Å². The number of carbonyl (C=O) groups excluding carboxylic acids is 1. The van der Waals surface area contributed by atoms with Crippen LogP contribution >= 0.6 is 50.9 Å². The number of hydrogen-bond acceptors (Lipinski definition) is 3. The molecule has 3 nitrogen and oxygen atoms in total. The molecule has 1 atom stereocenters. The Morgan fingerprint density at radius 2 is 1.83 bits per heavy atom. The van der Waals surface area contributed by atoms with Crippen LogP contribution in [0.1, 0.15) is 16.5 Å². The lowest BCUT2D eigenvalue weighted by atomic mass is 10.1. The summed E-state index contributed by atoms with van der Waals surface area (Å²) >= 11 is 17.2. The second-order valence-corrected chi connectivity index (χ2v) is 9.36. The van der Waals surface area contributed by atoms with E-state index in [4.69, 9.17) is 27.9 Å². The minimum atomic E-state index is -0.185. The van der Waals surface area contributed by atoms with E-state index >= 15 is 0 Å². The monoisotopic (exact) mass is 507 g/mol. The van der Waals surface area contributed by atoms with Crippen LogP contribution in [-0.2, 0) is 11.4 Å². The van der Waals surface area contributed by atoms with Gasteiger partial charge in [-0.1, -0.05) is 51.3 Å². The molecule has 0 bridgehead atoms. The Balaban J connectivity index is 1.65. The highest BCUT2D eigenvalue weighted by molar-refractivity contribution is 9.10. The molecule has 0 aromatic heterocycles. The molecule has 0 unspecified atom stereocenters. The van der Waals surface area contributed by atoms with Crippen molar-refractivity contribution < 1.29 is 9.53 Å². The maximum Gasteiger partial charge on any atom is 0.238 e. The number of benzene rings is 3. The summed E-state index contributed by atoms with van der Waals surface area (Å²) in [6.07, 6.45) is 0. The summed E-state index contributed by atoms with van der Waals surface area (Å²) in [6, 6.07) is 20.8.